The molecule has 1 unspecified atom stereocenters. The Morgan fingerprint density at radius 1 is 0.667 bits per heavy atom. The highest BCUT2D eigenvalue weighted by Crippen LogP contribution is 2.32. The largest absolute Gasteiger partial charge is 0.335 e. The van der Waals surface area contributed by atoms with E-state index in [-0.39, 0.29) is 23.9 Å². The van der Waals surface area contributed by atoms with Crippen LogP contribution in [0.2, 0.25) is 0 Å². The lowest BCUT2D eigenvalue weighted by Crippen LogP contribution is -2.65. The number of unbranched alkanes of at least 4 members (excludes halogenated alkanes) is 1. The summed E-state index contributed by atoms with van der Waals surface area (Å²) in [6, 6.07) is 27.7. The number of carbonyl (C=O) groups is 2. The zero-order valence-corrected chi connectivity index (χ0v) is 30.2. The van der Waals surface area contributed by atoms with Crippen molar-refractivity contribution in [1.29, 1.82) is 0 Å². The minimum absolute atomic E-state index is 0.00820. The smallest absolute Gasteiger partial charge is 0.240 e. The fourth-order valence-electron chi connectivity index (χ4n) is 8.44. The molecule has 2 amide bonds. The van der Waals surface area contributed by atoms with Gasteiger partial charge in [0, 0.05) is 38.3 Å². The first kappa shape index (κ1) is 37.0. The lowest BCUT2D eigenvalue weighted by atomic mass is 9.83. The number of amides is 2. The van der Waals surface area contributed by atoms with Crippen LogP contribution in [-0.4, -0.2) is 78.5 Å². The van der Waals surface area contributed by atoms with E-state index in [4.69, 9.17) is 17.2 Å². The second-order valence-electron chi connectivity index (χ2n) is 15.0. The molecule has 1 saturated heterocycles. The van der Waals surface area contributed by atoms with E-state index in [0.717, 1.165) is 60.7 Å². The first-order chi connectivity index (χ1) is 24.9. The summed E-state index contributed by atoms with van der Waals surface area (Å²) in [5.74, 6) is 0.519. The van der Waals surface area contributed by atoms with Crippen LogP contribution >= 0.6 is 0 Å². The van der Waals surface area contributed by atoms with Crippen LogP contribution in [-0.2, 0) is 22.4 Å². The molecule has 0 spiro atoms. The third-order valence-corrected chi connectivity index (χ3v) is 11.2. The van der Waals surface area contributed by atoms with E-state index >= 15 is 0 Å². The second kappa shape index (κ2) is 18.1. The summed E-state index contributed by atoms with van der Waals surface area (Å²) in [4.78, 5) is 32.9. The maximum atomic E-state index is 14.4. The average molecular weight is 691 g/mol. The monoisotopic (exact) mass is 690 g/mol. The second-order valence-corrected chi connectivity index (χ2v) is 15.0. The molecule has 8 heteroatoms. The quantitative estimate of drug-likeness (QED) is 0.121. The summed E-state index contributed by atoms with van der Waals surface area (Å²) in [6.45, 7) is 3.28. The van der Waals surface area contributed by atoms with Gasteiger partial charge in [0.2, 0.25) is 11.8 Å². The Hall–Kier alpha value is -3.82. The Labute approximate surface area is 304 Å². The zero-order chi connectivity index (χ0) is 35.6. The van der Waals surface area contributed by atoms with Gasteiger partial charge in [-0.2, -0.15) is 0 Å². The molecule has 4 aromatic carbocycles. The molecular formula is C43H58N6O2. The van der Waals surface area contributed by atoms with Gasteiger partial charge >= 0.3 is 0 Å². The zero-order valence-electron chi connectivity index (χ0n) is 30.2. The van der Waals surface area contributed by atoms with Gasteiger partial charge in [-0.1, -0.05) is 123 Å². The lowest BCUT2D eigenvalue weighted by Gasteiger charge is -2.49. The molecule has 0 bridgehead atoms. The molecule has 7 N–H and O–H groups in total. The SMILES string of the molecule is NCCNCCCC[C@H]1CN(C(=O)[C@H](N)Cc2ccc3ccccc3c2)C(CC2CCCCC2)CN1C(=O)[C@@H](N)Cc1ccc2ccccc2c1. The number of carbonyl (C=O) groups excluding carboxylic acids is 2. The third-order valence-electron chi connectivity index (χ3n) is 11.2. The van der Waals surface area contributed by atoms with Crippen LogP contribution in [0, 0.1) is 5.92 Å². The Bertz CT molecular complexity index is 1740. The van der Waals surface area contributed by atoms with Crippen molar-refractivity contribution in [2.24, 2.45) is 23.1 Å². The summed E-state index contributed by atoms with van der Waals surface area (Å²) in [5, 5.41) is 8.04. The molecule has 272 valence electrons. The number of hydrogen-bond acceptors (Lipinski definition) is 6. The lowest BCUT2D eigenvalue weighted by molar-refractivity contribution is -0.149. The fourth-order valence-corrected chi connectivity index (χ4v) is 8.44. The molecule has 6 rings (SSSR count). The minimum Gasteiger partial charge on any atom is -0.335 e. The van der Waals surface area contributed by atoms with Crippen LogP contribution in [0.4, 0.5) is 0 Å². The van der Waals surface area contributed by atoms with Crippen molar-refractivity contribution in [3.05, 3.63) is 96.1 Å². The average Bonchev–Trinajstić information content (AvgIpc) is 3.16. The van der Waals surface area contributed by atoms with Gasteiger partial charge in [0.25, 0.3) is 0 Å². The molecule has 0 aromatic heterocycles. The van der Waals surface area contributed by atoms with Crippen LogP contribution in [0.5, 0.6) is 0 Å². The summed E-state index contributed by atoms with van der Waals surface area (Å²) in [5.41, 5.74) is 21.4. The molecule has 2 fully saturated rings. The number of fused-ring (bicyclic) bond motifs is 2. The molecule has 1 heterocycles. The van der Waals surface area contributed by atoms with E-state index in [9.17, 15) is 9.59 Å². The van der Waals surface area contributed by atoms with Crippen molar-refractivity contribution in [2.75, 3.05) is 32.7 Å². The standard InChI is InChI=1S/C43H58N6O2/c44-21-23-47-22-9-8-16-38-29-49(43(51)41(46)28-33-18-20-35-13-5-7-15-37(35)25-33)39(26-31-10-2-1-3-11-31)30-48(38)42(50)40(45)27-32-17-19-34-12-4-6-14-36(34)24-32/h4-7,12-15,17-20,24-25,31,38-41,47H,1-3,8-11,16,21-23,26-30,44-46H2/t38-,39?,40-,41+/m0/s1. The van der Waals surface area contributed by atoms with E-state index in [0.29, 0.717) is 38.4 Å². The molecule has 2 aliphatic rings. The number of nitrogens with two attached hydrogens (primary N) is 3. The molecule has 51 heavy (non-hydrogen) atoms. The number of benzene rings is 4. The van der Waals surface area contributed by atoms with Crippen LogP contribution in [0.15, 0.2) is 84.9 Å². The highest BCUT2D eigenvalue weighted by Gasteiger charge is 2.41. The summed E-state index contributed by atoms with van der Waals surface area (Å²) >= 11 is 0. The Balaban J connectivity index is 1.21. The highest BCUT2D eigenvalue weighted by atomic mass is 16.2. The number of rotatable bonds is 15. The van der Waals surface area contributed by atoms with Gasteiger partial charge in [-0.3, -0.25) is 9.59 Å². The van der Waals surface area contributed by atoms with Crippen molar-refractivity contribution in [3.8, 4) is 0 Å². The summed E-state index contributed by atoms with van der Waals surface area (Å²) in [7, 11) is 0. The molecule has 1 aliphatic heterocycles. The molecule has 8 nitrogen and oxygen atoms in total. The summed E-state index contributed by atoms with van der Waals surface area (Å²) < 4.78 is 0. The highest BCUT2D eigenvalue weighted by molar-refractivity contribution is 5.87. The fraction of sp³-hybridized carbons (Fsp3) is 0.488. The third kappa shape index (κ3) is 9.74. The van der Waals surface area contributed by atoms with Crippen LogP contribution in [0.3, 0.4) is 0 Å². The van der Waals surface area contributed by atoms with E-state index in [1.54, 1.807) is 0 Å². The summed E-state index contributed by atoms with van der Waals surface area (Å²) in [6.07, 6.45) is 10.7. The number of nitrogens with one attached hydrogen (secondary N) is 1. The Kier molecular flexibility index (Phi) is 13.1. The van der Waals surface area contributed by atoms with Gasteiger partial charge in [0.05, 0.1) is 12.1 Å². The molecule has 1 aliphatic carbocycles. The van der Waals surface area contributed by atoms with E-state index < -0.39 is 12.1 Å². The predicted molar refractivity (Wildman–Crippen MR) is 209 cm³/mol. The van der Waals surface area contributed by atoms with Crippen molar-refractivity contribution < 1.29 is 9.59 Å². The predicted octanol–water partition coefficient (Wildman–Crippen LogP) is 5.53. The molecule has 4 atom stereocenters. The van der Waals surface area contributed by atoms with Crippen molar-refractivity contribution >= 4 is 33.4 Å². The van der Waals surface area contributed by atoms with E-state index in [1.165, 1.54) is 42.9 Å². The first-order valence-electron chi connectivity index (χ1n) is 19.4. The van der Waals surface area contributed by atoms with Crippen LogP contribution in [0.25, 0.3) is 21.5 Å². The Morgan fingerprint density at radius 3 is 1.76 bits per heavy atom. The topological polar surface area (TPSA) is 131 Å². The van der Waals surface area contributed by atoms with E-state index in [1.807, 2.05) is 29.2 Å². The Morgan fingerprint density at radius 2 is 1.20 bits per heavy atom. The minimum atomic E-state index is -0.660. The van der Waals surface area contributed by atoms with Gasteiger partial charge < -0.3 is 32.3 Å². The van der Waals surface area contributed by atoms with Gasteiger partial charge in [-0.25, -0.2) is 0 Å². The van der Waals surface area contributed by atoms with Crippen LogP contribution < -0.4 is 22.5 Å². The molecular weight excluding hydrogens is 633 g/mol. The normalized spacial score (nSPS) is 19.7. The molecule has 0 radical (unpaired) electrons. The molecule has 4 aromatic rings. The number of hydrogen-bond donors (Lipinski definition) is 4. The van der Waals surface area contributed by atoms with Crippen LogP contribution in [0.1, 0.15) is 68.9 Å². The van der Waals surface area contributed by atoms with Crippen molar-refractivity contribution in [1.82, 2.24) is 15.1 Å². The van der Waals surface area contributed by atoms with Gasteiger partial charge in [0.1, 0.15) is 0 Å². The van der Waals surface area contributed by atoms with Gasteiger partial charge in [0.15, 0.2) is 0 Å². The van der Waals surface area contributed by atoms with Crippen molar-refractivity contribution in [2.45, 2.75) is 94.8 Å². The number of piperazine rings is 1. The molecule has 1 saturated carbocycles. The van der Waals surface area contributed by atoms with Gasteiger partial charge in [-0.05, 0) is 77.2 Å². The van der Waals surface area contributed by atoms with E-state index in [2.05, 4.69) is 70.9 Å². The number of nitrogens with zero attached hydrogens (tertiary/aromatic N) is 2. The maximum absolute atomic E-state index is 14.4. The first-order valence-corrected chi connectivity index (χ1v) is 19.4. The maximum Gasteiger partial charge on any atom is 0.240 e. The van der Waals surface area contributed by atoms with Crippen molar-refractivity contribution in [3.63, 3.8) is 0 Å². The van der Waals surface area contributed by atoms with Gasteiger partial charge in [-0.15, -0.1) is 0 Å².